The zero-order chi connectivity index (χ0) is 16.2. The molecule has 6 heteroatoms. The first-order valence-electron chi connectivity index (χ1n) is 7.58. The van der Waals surface area contributed by atoms with Crippen LogP contribution in [0.1, 0.15) is 34.1 Å². The lowest BCUT2D eigenvalue weighted by molar-refractivity contribution is -0.145. The van der Waals surface area contributed by atoms with E-state index in [-0.39, 0.29) is 43.0 Å². The molecule has 1 aliphatic heterocycles. The third-order valence-electron chi connectivity index (χ3n) is 3.76. The fraction of sp³-hybridized carbons (Fsp3) is 0.867. The lowest BCUT2D eigenvalue weighted by Gasteiger charge is -2.42. The summed E-state index contributed by atoms with van der Waals surface area (Å²) in [6.07, 6.45) is 0.183. The van der Waals surface area contributed by atoms with Crippen molar-refractivity contribution in [1.29, 1.82) is 0 Å². The van der Waals surface area contributed by atoms with E-state index in [1.165, 1.54) is 4.90 Å². The number of aliphatic carboxylic acids is 1. The third-order valence-corrected chi connectivity index (χ3v) is 3.76. The minimum Gasteiger partial charge on any atom is -0.481 e. The first kappa shape index (κ1) is 17.9. The highest BCUT2D eigenvalue weighted by atomic mass is 16.5. The van der Waals surface area contributed by atoms with Crippen molar-refractivity contribution in [3.05, 3.63) is 0 Å². The second-order valence-electron chi connectivity index (χ2n) is 6.30. The van der Waals surface area contributed by atoms with E-state index in [4.69, 9.17) is 9.84 Å². The van der Waals surface area contributed by atoms with Gasteiger partial charge >= 0.3 is 5.97 Å². The number of carbonyl (C=O) groups excluding carboxylic acids is 1. The summed E-state index contributed by atoms with van der Waals surface area (Å²) in [7, 11) is 1.67. The zero-order valence-electron chi connectivity index (χ0n) is 13.7. The molecule has 0 saturated carbocycles. The number of carbonyl (C=O) groups is 2. The van der Waals surface area contributed by atoms with Gasteiger partial charge in [0.05, 0.1) is 24.7 Å². The number of hydrogen-bond acceptors (Lipinski definition) is 4. The molecule has 1 amide bonds. The number of rotatable bonds is 6. The summed E-state index contributed by atoms with van der Waals surface area (Å²) in [5.74, 6) is -0.723. The molecular formula is C15H28N2O4. The number of carboxylic acids is 1. The lowest BCUT2D eigenvalue weighted by Crippen LogP contribution is -2.57. The fourth-order valence-corrected chi connectivity index (χ4v) is 2.91. The Labute approximate surface area is 127 Å². The van der Waals surface area contributed by atoms with Crippen molar-refractivity contribution >= 4 is 11.9 Å². The topological polar surface area (TPSA) is 70.1 Å². The van der Waals surface area contributed by atoms with E-state index in [2.05, 4.69) is 4.90 Å². The Morgan fingerprint density at radius 2 is 1.81 bits per heavy atom. The Bertz CT molecular complexity index is 363. The standard InChI is InChI=1S/C15H28N2O4/c1-10(2)14(15(20)16(5)7-6-13(18)19)17-8-11(3)21-12(4)9-17/h10-12,14H,6-9H2,1-5H3,(H,18,19). The van der Waals surface area contributed by atoms with Gasteiger partial charge in [-0.15, -0.1) is 0 Å². The smallest absolute Gasteiger partial charge is 0.305 e. The van der Waals surface area contributed by atoms with E-state index in [1.807, 2.05) is 27.7 Å². The summed E-state index contributed by atoms with van der Waals surface area (Å²) in [6.45, 7) is 9.78. The van der Waals surface area contributed by atoms with Crippen molar-refractivity contribution < 1.29 is 19.4 Å². The molecule has 21 heavy (non-hydrogen) atoms. The van der Waals surface area contributed by atoms with Crippen LogP contribution >= 0.6 is 0 Å². The third kappa shape index (κ3) is 5.28. The molecule has 0 radical (unpaired) electrons. The molecule has 1 N–H and O–H groups in total. The molecular weight excluding hydrogens is 272 g/mol. The lowest BCUT2D eigenvalue weighted by atomic mass is 9.99. The minimum absolute atomic E-state index is 0.00690. The molecule has 1 aliphatic rings. The summed E-state index contributed by atoms with van der Waals surface area (Å²) in [5.41, 5.74) is 0. The van der Waals surface area contributed by atoms with E-state index in [0.29, 0.717) is 0 Å². The number of likely N-dealkylation sites (N-methyl/N-ethyl adjacent to an activating group) is 1. The molecule has 0 bridgehead atoms. The molecule has 1 heterocycles. The van der Waals surface area contributed by atoms with Gasteiger partial charge in [0, 0.05) is 26.7 Å². The van der Waals surface area contributed by atoms with Crippen LogP contribution in [0.15, 0.2) is 0 Å². The van der Waals surface area contributed by atoms with E-state index in [1.54, 1.807) is 7.05 Å². The number of nitrogens with zero attached hydrogens (tertiary/aromatic N) is 2. The van der Waals surface area contributed by atoms with Crippen LogP contribution in [0.4, 0.5) is 0 Å². The predicted octanol–water partition coefficient (Wildman–Crippen LogP) is 1.05. The van der Waals surface area contributed by atoms with E-state index in [9.17, 15) is 9.59 Å². The molecule has 0 aromatic rings. The predicted molar refractivity (Wildman–Crippen MR) is 80.1 cm³/mol. The highest BCUT2D eigenvalue weighted by molar-refractivity contribution is 5.82. The van der Waals surface area contributed by atoms with Crippen molar-refractivity contribution in [2.24, 2.45) is 5.92 Å². The van der Waals surface area contributed by atoms with E-state index >= 15 is 0 Å². The van der Waals surface area contributed by atoms with Crippen molar-refractivity contribution in [1.82, 2.24) is 9.80 Å². The van der Waals surface area contributed by atoms with Crippen LogP contribution in [0.25, 0.3) is 0 Å². The van der Waals surface area contributed by atoms with Crippen LogP contribution in [0.5, 0.6) is 0 Å². The summed E-state index contributed by atoms with van der Waals surface area (Å²) < 4.78 is 5.72. The Hall–Kier alpha value is -1.14. The van der Waals surface area contributed by atoms with Crippen molar-refractivity contribution in [2.45, 2.75) is 52.4 Å². The molecule has 1 saturated heterocycles. The van der Waals surface area contributed by atoms with Gasteiger partial charge in [-0.25, -0.2) is 0 Å². The maximum absolute atomic E-state index is 12.7. The molecule has 1 rings (SSSR count). The first-order valence-corrected chi connectivity index (χ1v) is 7.58. The maximum atomic E-state index is 12.7. The monoisotopic (exact) mass is 300 g/mol. The molecule has 0 aromatic carbocycles. The fourth-order valence-electron chi connectivity index (χ4n) is 2.91. The van der Waals surface area contributed by atoms with Gasteiger partial charge < -0.3 is 14.7 Å². The van der Waals surface area contributed by atoms with Gasteiger partial charge in [-0.05, 0) is 19.8 Å². The van der Waals surface area contributed by atoms with Gasteiger partial charge in [0.1, 0.15) is 0 Å². The SMILES string of the molecule is CC1CN(C(C(=O)N(C)CCC(=O)O)C(C)C)CC(C)O1. The number of hydrogen-bond donors (Lipinski definition) is 1. The number of morpholine rings is 1. The van der Waals surface area contributed by atoms with Crippen molar-refractivity contribution in [3.63, 3.8) is 0 Å². The summed E-state index contributed by atoms with van der Waals surface area (Å²) in [6, 6.07) is -0.224. The van der Waals surface area contributed by atoms with Crippen LogP contribution in [0, 0.1) is 5.92 Å². The average molecular weight is 300 g/mol. The second kappa shape index (κ2) is 7.75. The molecule has 1 fully saturated rings. The number of amides is 1. The second-order valence-corrected chi connectivity index (χ2v) is 6.30. The minimum atomic E-state index is -0.885. The Kier molecular flexibility index (Phi) is 6.61. The Balaban J connectivity index is 2.75. The average Bonchev–Trinajstić information content (AvgIpc) is 2.34. The van der Waals surface area contributed by atoms with Crippen LogP contribution in [-0.4, -0.2) is 71.7 Å². The van der Waals surface area contributed by atoms with Crippen LogP contribution in [-0.2, 0) is 14.3 Å². The highest BCUT2D eigenvalue weighted by Crippen LogP contribution is 2.20. The van der Waals surface area contributed by atoms with Gasteiger partial charge in [0.25, 0.3) is 0 Å². The van der Waals surface area contributed by atoms with Gasteiger partial charge in [-0.1, -0.05) is 13.8 Å². The molecule has 0 aromatic heterocycles. The molecule has 6 nitrogen and oxygen atoms in total. The Morgan fingerprint density at radius 3 is 2.24 bits per heavy atom. The molecule has 0 spiro atoms. The molecule has 0 aliphatic carbocycles. The summed E-state index contributed by atoms with van der Waals surface area (Å²) in [4.78, 5) is 27.0. The van der Waals surface area contributed by atoms with Gasteiger partial charge in [0.15, 0.2) is 0 Å². The molecule has 3 atom stereocenters. The van der Waals surface area contributed by atoms with Gasteiger partial charge in [-0.2, -0.15) is 0 Å². The van der Waals surface area contributed by atoms with E-state index in [0.717, 1.165) is 13.1 Å². The van der Waals surface area contributed by atoms with Crippen LogP contribution in [0.3, 0.4) is 0 Å². The van der Waals surface area contributed by atoms with E-state index < -0.39 is 5.97 Å². The number of ether oxygens (including phenoxy) is 1. The maximum Gasteiger partial charge on any atom is 0.305 e. The van der Waals surface area contributed by atoms with Gasteiger partial charge in [0.2, 0.25) is 5.91 Å². The van der Waals surface area contributed by atoms with Crippen LogP contribution in [0.2, 0.25) is 0 Å². The zero-order valence-corrected chi connectivity index (χ0v) is 13.7. The van der Waals surface area contributed by atoms with Crippen LogP contribution < -0.4 is 0 Å². The van der Waals surface area contributed by atoms with Crippen molar-refractivity contribution in [2.75, 3.05) is 26.7 Å². The highest BCUT2D eigenvalue weighted by Gasteiger charge is 2.35. The molecule has 3 unspecified atom stereocenters. The van der Waals surface area contributed by atoms with Crippen molar-refractivity contribution in [3.8, 4) is 0 Å². The first-order chi connectivity index (χ1) is 9.72. The quantitative estimate of drug-likeness (QED) is 0.794. The normalized spacial score (nSPS) is 24.9. The summed E-state index contributed by atoms with van der Waals surface area (Å²) >= 11 is 0. The Morgan fingerprint density at radius 1 is 1.29 bits per heavy atom. The largest absolute Gasteiger partial charge is 0.481 e. The number of carboxylic acid groups (broad SMARTS) is 1. The van der Waals surface area contributed by atoms with Gasteiger partial charge in [-0.3, -0.25) is 14.5 Å². The summed E-state index contributed by atoms with van der Waals surface area (Å²) in [5, 5.41) is 8.75. The molecule has 122 valence electrons.